The number of amides is 1. The Labute approximate surface area is 169 Å². The van der Waals surface area contributed by atoms with Crippen molar-refractivity contribution in [1.29, 1.82) is 0 Å². The zero-order valence-electron chi connectivity index (χ0n) is 16.5. The molecule has 2 heterocycles. The Morgan fingerprint density at radius 2 is 1.83 bits per heavy atom. The highest BCUT2D eigenvalue weighted by Crippen LogP contribution is 2.32. The summed E-state index contributed by atoms with van der Waals surface area (Å²) in [6, 6.07) is 9.57. The number of nitrogens with one attached hydrogen (secondary N) is 2. The van der Waals surface area contributed by atoms with E-state index in [1.165, 1.54) is 30.5 Å². The number of hydrogen-bond donors (Lipinski definition) is 2. The van der Waals surface area contributed by atoms with Crippen LogP contribution in [0.3, 0.4) is 0 Å². The van der Waals surface area contributed by atoms with E-state index in [1.54, 1.807) is 12.1 Å². The fraction of sp³-hybridized carbons (Fsp3) is 0.318. The molecule has 0 aliphatic carbocycles. The molecule has 2 N–H and O–H groups in total. The lowest BCUT2D eigenvalue weighted by molar-refractivity contribution is -0.110. The van der Waals surface area contributed by atoms with E-state index in [4.69, 9.17) is 0 Å². The molecule has 1 fully saturated rings. The van der Waals surface area contributed by atoms with Gasteiger partial charge in [-0.05, 0) is 50.2 Å². The van der Waals surface area contributed by atoms with E-state index in [9.17, 15) is 13.6 Å². The molecule has 0 atom stereocenters. The van der Waals surface area contributed by atoms with Gasteiger partial charge in [-0.2, -0.15) is 0 Å². The third-order valence-corrected chi connectivity index (χ3v) is 5.48. The summed E-state index contributed by atoms with van der Waals surface area (Å²) in [4.78, 5) is 16.6. The first-order valence-electron chi connectivity index (χ1n) is 9.79. The SMILES string of the molecule is CC(C)N1CCN(c2ccc(N/C=C3/C(=O)Nc4ccc(F)cc43)cc2F)CC1. The molecule has 0 radical (unpaired) electrons. The van der Waals surface area contributed by atoms with Gasteiger partial charge in [0.15, 0.2) is 0 Å². The zero-order chi connectivity index (χ0) is 20.5. The van der Waals surface area contributed by atoms with Crippen LogP contribution in [0.5, 0.6) is 0 Å². The minimum Gasteiger partial charge on any atom is -0.367 e. The predicted octanol–water partition coefficient (Wildman–Crippen LogP) is 3.90. The van der Waals surface area contributed by atoms with Crippen molar-refractivity contribution in [1.82, 2.24) is 4.90 Å². The van der Waals surface area contributed by atoms with E-state index in [0.29, 0.717) is 34.2 Å². The molecule has 152 valence electrons. The number of carbonyl (C=O) groups is 1. The van der Waals surface area contributed by atoms with E-state index in [2.05, 4.69) is 34.3 Å². The maximum absolute atomic E-state index is 14.7. The first-order chi connectivity index (χ1) is 13.9. The summed E-state index contributed by atoms with van der Waals surface area (Å²) in [7, 11) is 0. The first-order valence-corrected chi connectivity index (χ1v) is 9.79. The van der Waals surface area contributed by atoms with E-state index in [-0.39, 0.29) is 11.7 Å². The Balaban J connectivity index is 1.48. The number of rotatable bonds is 4. The molecule has 0 aromatic heterocycles. The van der Waals surface area contributed by atoms with Crippen LogP contribution in [0.25, 0.3) is 5.57 Å². The number of fused-ring (bicyclic) bond motifs is 1. The van der Waals surface area contributed by atoms with Crippen LogP contribution < -0.4 is 15.5 Å². The summed E-state index contributed by atoms with van der Waals surface area (Å²) in [5, 5.41) is 5.65. The Morgan fingerprint density at radius 3 is 2.52 bits per heavy atom. The highest BCUT2D eigenvalue weighted by Gasteiger charge is 2.25. The van der Waals surface area contributed by atoms with Crippen molar-refractivity contribution in [3.63, 3.8) is 0 Å². The molecule has 0 unspecified atom stereocenters. The summed E-state index contributed by atoms with van der Waals surface area (Å²) < 4.78 is 28.2. The molecule has 29 heavy (non-hydrogen) atoms. The van der Waals surface area contributed by atoms with Crippen LogP contribution >= 0.6 is 0 Å². The maximum atomic E-state index is 14.7. The van der Waals surface area contributed by atoms with Gasteiger partial charge in [0.25, 0.3) is 5.91 Å². The summed E-state index contributed by atoms with van der Waals surface area (Å²) in [5.41, 5.74) is 2.47. The molecule has 2 aromatic rings. The van der Waals surface area contributed by atoms with Crippen LogP contribution in [0.2, 0.25) is 0 Å². The van der Waals surface area contributed by atoms with E-state index in [0.717, 1.165) is 26.2 Å². The number of piperazine rings is 1. The topological polar surface area (TPSA) is 47.6 Å². The lowest BCUT2D eigenvalue weighted by atomic mass is 10.1. The normalized spacial score (nSPS) is 18.3. The van der Waals surface area contributed by atoms with Crippen LogP contribution in [-0.2, 0) is 4.79 Å². The van der Waals surface area contributed by atoms with Crippen LogP contribution in [0.1, 0.15) is 19.4 Å². The minimum absolute atomic E-state index is 0.311. The fourth-order valence-corrected chi connectivity index (χ4v) is 3.79. The fourth-order valence-electron chi connectivity index (χ4n) is 3.79. The molecule has 1 amide bonds. The summed E-state index contributed by atoms with van der Waals surface area (Å²) in [5.74, 6) is -1.05. The number of halogens is 2. The Bertz CT molecular complexity index is 965. The zero-order valence-corrected chi connectivity index (χ0v) is 16.5. The van der Waals surface area contributed by atoms with Gasteiger partial charge in [0.2, 0.25) is 0 Å². The van der Waals surface area contributed by atoms with E-state index >= 15 is 0 Å². The monoisotopic (exact) mass is 398 g/mol. The van der Waals surface area contributed by atoms with Gasteiger partial charge in [-0.25, -0.2) is 8.78 Å². The van der Waals surface area contributed by atoms with Crippen molar-refractivity contribution in [3.05, 3.63) is 59.8 Å². The lowest BCUT2D eigenvalue weighted by Gasteiger charge is -2.38. The molecular formula is C22H24F2N4O. The lowest BCUT2D eigenvalue weighted by Crippen LogP contribution is -2.49. The van der Waals surface area contributed by atoms with Gasteiger partial charge in [0.05, 0.1) is 11.3 Å². The van der Waals surface area contributed by atoms with Crippen molar-refractivity contribution in [3.8, 4) is 0 Å². The van der Waals surface area contributed by atoms with Gasteiger partial charge < -0.3 is 15.5 Å². The number of carbonyl (C=O) groups excluding carboxylic acids is 1. The molecule has 4 rings (SSSR count). The largest absolute Gasteiger partial charge is 0.367 e. The minimum atomic E-state index is -0.417. The summed E-state index contributed by atoms with van der Waals surface area (Å²) in [6.45, 7) is 7.73. The molecule has 7 heteroatoms. The predicted molar refractivity (Wildman–Crippen MR) is 112 cm³/mol. The van der Waals surface area contributed by atoms with Gasteiger partial charge in [-0.1, -0.05) is 0 Å². The maximum Gasteiger partial charge on any atom is 0.257 e. The third-order valence-electron chi connectivity index (χ3n) is 5.48. The standard InChI is InChI=1S/C22H24F2N4O/c1-14(2)27-7-9-28(10-8-27)21-6-4-16(12-19(21)24)25-13-18-17-11-15(23)3-5-20(17)26-22(18)29/h3-6,11-14,25H,7-10H2,1-2H3,(H,26,29)/b18-13+. The number of nitrogens with zero attached hydrogens (tertiary/aromatic N) is 2. The average molecular weight is 398 g/mol. The molecule has 2 aliphatic heterocycles. The third kappa shape index (κ3) is 3.96. The molecular weight excluding hydrogens is 374 g/mol. The van der Waals surface area contributed by atoms with Gasteiger partial charge in [-0.15, -0.1) is 0 Å². The second kappa shape index (κ2) is 7.83. The second-order valence-electron chi connectivity index (χ2n) is 7.63. The molecule has 2 aromatic carbocycles. The second-order valence-corrected chi connectivity index (χ2v) is 7.63. The van der Waals surface area contributed by atoms with Gasteiger partial charge in [0, 0.05) is 55.4 Å². The molecule has 0 saturated carbocycles. The van der Waals surface area contributed by atoms with Crippen molar-refractivity contribution >= 4 is 28.5 Å². The molecule has 2 aliphatic rings. The van der Waals surface area contributed by atoms with Crippen LogP contribution in [-0.4, -0.2) is 43.0 Å². The quantitative estimate of drug-likeness (QED) is 0.767. The summed E-state index contributed by atoms with van der Waals surface area (Å²) >= 11 is 0. The number of hydrogen-bond acceptors (Lipinski definition) is 4. The van der Waals surface area contributed by atoms with Gasteiger partial charge in [-0.3, -0.25) is 9.69 Å². The first kappa shape index (κ1) is 19.4. The van der Waals surface area contributed by atoms with Crippen LogP contribution in [0, 0.1) is 11.6 Å². The Hall–Kier alpha value is -2.93. The molecule has 0 bridgehead atoms. The van der Waals surface area contributed by atoms with Gasteiger partial charge in [0.1, 0.15) is 11.6 Å². The van der Waals surface area contributed by atoms with Crippen LogP contribution in [0.15, 0.2) is 42.6 Å². The Kier molecular flexibility index (Phi) is 5.24. The smallest absolute Gasteiger partial charge is 0.257 e. The summed E-state index contributed by atoms with van der Waals surface area (Å²) in [6.07, 6.45) is 1.48. The van der Waals surface area contributed by atoms with Crippen molar-refractivity contribution in [2.45, 2.75) is 19.9 Å². The Morgan fingerprint density at radius 1 is 1.07 bits per heavy atom. The van der Waals surface area contributed by atoms with Crippen LogP contribution in [0.4, 0.5) is 25.8 Å². The van der Waals surface area contributed by atoms with Crippen molar-refractivity contribution in [2.75, 3.05) is 41.7 Å². The number of benzene rings is 2. The molecule has 0 spiro atoms. The molecule has 1 saturated heterocycles. The van der Waals surface area contributed by atoms with E-state index in [1.807, 2.05) is 0 Å². The van der Waals surface area contributed by atoms with Crippen molar-refractivity contribution in [2.24, 2.45) is 0 Å². The van der Waals surface area contributed by atoms with E-state index < -0.39 is 5.82 Å². The van der Waals surface area contributed by atoms with Gasteiger partial charge >= 0.3 is 0 Å². The average Bonchev–Trinajstić information content (AvgIpc) is 3.01. The highest BCUT2D eigenvalue weighted by molar-refractivity contribution is 6.31. The van der Waals surface area contributed by atoms with Crippen molar-refractivity contribution < 1.29 is 13.6 Å². The number of anilines is 3. The highest BCUT2D eigenvalue weighted by atomic mass is 19.1. The molecule has 5 nitrogen and oxygen atoms in total.